The summed E-state index contributed by atoms with van der Waals surface area (Å²) < 4.78 is 26.5. The van der Waals surface area contributed by atoms with Gasteiger partial charge >= 0.3 is 0 Å². The third-order valence-corrected chi connectivity index (χ3v) is 8.00. The summed E-state index contributed by atoms with van der Waals surface area (Å²) in [6.07, 6.45) is 3.73. The number of anilines is 1. The zero-order valence-electron chi connectivity index (χ0n) is 22.9. The van der Waals surface area contributed by atoms with Crippen LogP contribution in [0.25, 0.3) is 0 Å². The van der Waals surface area contributed by atoms with Gasteiger partial charge in [0.05, 0.1) is 11.9 Å². The standard InChI is InChI=1S/C28H39Cl2N3O4S/c1-6-8-13-31-28(35)26(7-2)32(19-22-11-12-23(29)18-25(22)30)27(34)10-9-14-33(38(5,36)37)24-16-20(3)15-21(4)17-24/h11-12,15-18,26H,6-10,13-14,19H2,1-5H3,(H,31,35)/t26-/m0/s1. The minimum absolute atomic E-state index is 0.0702. The second kappa shape index (κ2) is 14.8. The van der Waals surface area contributed by atoms with Crippen LogP contribution in [0.3, 0.4) is 0 Å². The molecule has 1 atom stereocenters. The molecule has 7 nitrogen and oxygen atoms in total. The van der Waals surface area contributed by atoms with Crippen LogP contribution in [0.5, 0.6) is 0 Å². The topological polar surface area (TPSA) is 86.8 Å². The first kappa shape index (κ1) is 31.9. The minimum atomic E-state index is -3.56. The van der Waals surface area contributed by atoms with Crippen molar-refractivity contribution in [3.63, 3.8) is 0 Å². The Labute approximate surface area is 237 Å². The van der Waals surface area contributed by atoms with Crippen molar-refractivity contribution in [2.45, 2.75) is 72.4 Å². The normalized spacial score (nSPS) is 12.2. The second-order valence-electron chi connectivity index (χ2n) is 9.61. The number of aryl methyl sites for hydroxylation is 2. The van der Waals surface area contributed by atoms with Crippen LogP contribution in [0.15, 0.2) is 36.4 Å². The summed E-state index contributed by atoms with van der Waals surface area (Å²) in [7, 11) is -3.56. The van der Waals surface area contributed by atoms with Gasteiger partial charge in [0.2, 0.25) is 21.8 Å². The van der Waals surface area contributed by atoms with E-state index in [0.717, 1.165) is 30.2 Å². The van der Waals surface area contributed by atoms with Gasteiger partial charge in [-0.25, -0.2) is 8.42 Å². The van der Waals surface area contributed by atoms with Gasteiger partial charge < -0.3 is 10.2 Å². The Kier molecular flexibility index (Phi) is 12.4. The van der Waals surface area contributed by atoms with E-state index >= 15 is 0 Å². The van der Waals surface area contributed by atoms with E-state index in [1.807, 2.05) is 45.9 Å². The van der Waals surface area contributed by atoms with E-state index in [1.54, 1.807) is 18.2 Å². The maximum Gasteiger partial charge on any atom is 0.242 e. The number of sulfonamides is 1. The molecular weight excluding hydrogens is 545 g/mol. The van der Waals surface area contributed by atoms with E-state index in [2.05, 4.69) is 5.32 Å². The molecule has 2 rings (SSSR count). The van der Waals surface area contributed by atoms with Gasteiger partial charge in [0, 0.05) is 36.1 Å². The Balaban J connectivity index is 2.26. The molecule has 0 saturated carbocycles. The van der Waals surface area contributed by atoms with Crippen LogP contribution in [-0.4, -0.2) is 50.5 Å². The fraction of sp³-hybridized carbons (Fsp3) is 0.500. The van der Waals surface area contributed by atoms with Crippen molar-refractivity contribution in [1.29, 1.82) is 0 Å². The maximum absolute atomic E-state index is 13.5. The van der Waals surface area contributed by atoms with E-state index in [-0.39, 0.29) is 37.7 Å². The lowest BCUT2D eigenvalue weighted by molar-refractivity contribution is -0.141. The predicted octanol–water partition coefficient (Wildman–Crippen LogP) is 5.88. The second-order valence-corrected chi connectivity index (χ2v) is 12.4. The molecule has 0 unspecified atom stereocenters. The Morgan fingerprint density at radius 2 is 1.66 bits per heavy atom. The van der Waals surface area contributed by atoms with Gasteiger partial charge in [0.25, 0.3) is 0 Å². The van der Waals surface area contributed by atoms with Crippen molar-refractivity contribution in [2.24, 2.45) is 0 Å². The Morgan fingerprint density at radius 1 is 1.00 bits per heavy atom. The van der Waals surface area contributed by atoms with Crippen molar-refractivity contribution in [2.75, 3.05) is 23.7 Å². The summed E-state index contributed by atoms with van der Waals surface area (Å²) >= 11 is 12.5. The van der Waals surface area contributed by atoms with Gasteiger partial charge in [-0.1, -0.05) is 55.6 Å². The van der Waals surface area contributed by atoms with Gasteiger partial charge in [0.1, 0.15) is 6.04 Å². The van der Waals surface area contributed by atoms with Crippen LogP contribution in [-0.2, 0) is 26.2 Å². The lowest BCUT2D eigenvalue weighted by Gasteiger charge is -2.31. The Bertz CT molecular complexity index is 1200. The number of unbranched alkanes of at least 4 members (excludes halogenated alkanes) is 1. The predicted molar refractivity (Wildman–Crippen MR) is 156 cm³/mol. The first-order valence-corrected chi connectivity index (χ1v) is 15.5. The minimum Gasteiger partial charge on any atom is -0.354 e. The molecule has 0 fully saturated rings. The first-order valence-electron chi connectivity index (χ1n) is 12.9. The molecule has 0 bridgehead atoms. The van der Waals surface area contributed by atoms with Crippen LogP contribution < -0.4 is 9.62 Å². The van der Waals surface area contributed by atoms with Crippen molar-refractivity contribution >= 4 is 50.7 Å². The highest BCUT2D eigenvalue weighted by molar-refractivity contribution is 7.92. The van der Waals surface area contributed by atoms with E-state index in [1.165, 1.54) is 9.21 Å². The molecule has 1 N–H and O–H groups in total. The van der Waals surface area contributed by atoms with Crippen LogP contribution in [0.1, 0.15) is 62.6 Å². The summed E-state index contributed by atoms with van der Waals surface area (Å²) in [5, 5.41) is 3.82. The highest BCUT2D eigenvalue weighted by atomic mass is 35.5. The highest BCUT2D eigenvalue weighted by Crippen LogP contribution is 2.25. The van der Waals surface area contributed by atoms with Gasteiger partial charge in [-0.15, -0.1) is 0 Å². The van der Waals surface area contributed by atoms with E-state index < -0.39 is 16.1 Å². The first-order chi connectivity index (χ1) is 17.9. The zero-order valence-corrected chi connectivity index (χ0v) is 25.2. The largest absolute Gasteiger partial charge is 0.354 e. The molecule has 0 aliphatic carbocycles. The fourth-order valence-electron chi connectivity index (χ4n) is 4.36. The molecule has 38 heavy (non-hydrogen) atoms. The number of halogens is 2. The third kappa shape index (κ3) is 9.47. The summed E-state index contributed by atoms with van der Waals surface area (Å²) in [6.45, 7) is 8.55. The summed E-state index contributed by atoms with van der Waals surface area (Å²) in [5.74, 6) is -0.463. The Morgan fingerprint density at radius 3 is 2.21 bits per heavy atom. The molecule has 0 saturated heterocycles. The number of rotatable bonds is 14. The summed E-state index contributed by atoms with van der Waals surface area (Å²) in [6, 6.07) is 9.98. The molecule has 0 aromatic heterocycles. The Hall–Kier alpha value is -2.29. The van der Waals surface area contributed by atoms with Gasteiger partial charge in [-0.3, -0.25) is 13.9 Å². The molecule has 0 spiro atoms. The number of hydrogen-bond donors (Lipinski definition) is 1. The molecule has 0 aliphatic rings. The SMILES string of the molecule is CCCCNC(=O)[C@H](CC)N(Cc1ccc(Cl)cc1Cl)C(=O)CCCN(c1cc(C)cc(C)c1)S(C)(=O)=O. The zero-order chi connectivity index (χ0) is 28.5. The molecule has 0 aliphatic heterocycles. The van der Waals surface area contributed by atoms with Crippen molar-refractivity contribution < 1.29 is 18.0 Å². The molecule has 210 valence electrons. The number of nitrogens with one attached hydrogen (secondary N) is 1. The van der Waals surface area contributed by atoms with Crippen LogP contribution in [0, 0.1) is 13.8 Å². The van der Waals surface area contributed by atoms with Crippen molar-refractivity contribution in [1.82, 2.24) is 10.2 Å². The average molecular weight is 585 g/mol. The molecule has 0 radical (unpaired) electrons. The molecule has 2 amide bonds. The fourth-order valence-corrected chi connectivity index (χ4v) is 5.78. The number of amides is 2. The van der Waals surface area contributed by atoms with Crippen LogP contribution >= 0.6 is 23.2 Å². The van der Waals surface area contributed by atoms with Gasteiger partial charge in [0.15, 0.2) is 0 Å². The van der Waals surface area contributed by atoms with Crippen LogP contribution in [0.4, 0.5) is 5.69 Å². The number of carbonyl (C=O) groups is 2. The summed E-state index contributed by atoms with van der Waals surface area (Å²) in [5.41, 5.74) is 3.16. The van der Waals surface area contributed by atoms with Gasteiger partial charge in [-0.05, 0) is 74.1 Å². The van der Waals surface area contributed by atoms with Crippen LogP contribution in [0.2, 0.25) is 10.0 Å². The molecule has 0 heterocycles. The van der Waals surface area contributed by atoms with Crippen molar-refractivity contribution in [3.8, 4) is 0 Å². The maximum atomic E-state index is 13.5. The monoisotopic (exact) mass is 583 g/mol. The van der Waals surface area contributed by atoms with E-state index in [9.17, 15) is 18.0 Å². The third-order valence-electron chi connectivity index (χ3n) is 6.22. The number of carbonyl (C=O) groups excluding carboxylic acids is 2. The number of nitrogens with zero attached hydrogens (tertiary/aromatic N) is 2. The lowest BCUT2D eigenvalue weighted by Crippen LogP contribution is -2.49. The van der Waals surface area contributed by atoms with E-state index in [4.69, 9.17) is 23.2 Å². The smallest absolute Gasteiger partial charge is 0.242 e. The van der Waals surface area contributed by atoms with Gasteiger partial charge in [-0.2, -0.15) is 0 Å². The quantitative estimate of drug-likeness (QED) is 0.281. The average Bonchev–Trinajstić information content (AvgIpc) is 2.81. The molecule has 10 heteroatoms. The van der Waals surface area contributed by atoms with E-state index in [0.29, 0.717) is 34.3 Å². The lowest BCUT2D eigenvalue weighted by atomic mass is 10.1. The molecule has 2 aromatic carbocycles. The highest BCUT2D eigenvalue weighted by Gasteiger charge is 2.29. The number of benzene rings is 2. The summed E-state index contributed by atoms with van der Waals surface area (Å²) in [4.78, 5) is 28.1. The van der Waals surface area contributed by atoms with Crippen molar-refractivity contribution in [3.05, 3.63) is 63.1 Å². The number of hydrogen-bond acceptors (Lipinski definition) is 4. The molecular formula is C28H39Cl2N3O4S. The molecule has 2 aromatic rings.